The molecule has 1 rings (SSSR count). The van der Waals surface area contributed by atoms with Crippen molar-refractivity contribution in [1.29, 1.82) is 0 Å². The fraction of sp³-hybridized carbons (Fsp3) is 0.889. The van der Waals surface area contributed by atoms with Crippen molar-refractivity contribution >= 4 is 5.97 Å². The Bertz CT molecular complexity index is 170. The number of likely N-dealkylation sites (tertiary alicyclic amines) is 1. The third kappa shape index (κ3) is 1.97. The second kappa shape index (κ2) is 3.90. The van der Waals surface area contributed by atoms with Crippen LogP contribution < -0.4 is 0 Å². The molecule has 1 saturated heterocycles. The molecule has 0 spiro atoms. The number of hydrogen-bond acceptors (Lipinski definition) is 2. The molecular formula is C9H17NO2. The Labute approximate surface area is 73.4 Å². The van der Waals surface area contributed by atoms with Crippen molar-refractivity contribution in [3.05, 3.63) is 0 Å². The van der Waals surface area contributed by atoms with E-state index in [1.54, 1.807) is 6.92 Å². The molecule has 1 N–H and O–H groups in total. The molecule has 0 aromatic carbocycles. The Morgan fingerprint density at radius 3 is 2.83 bits per heavy atom. The molecule has 1 aliphatic rings. The second-order valence-electron chi connectivity index (χ2n) is 3.57. The molecule has 0 amide bonds. The number of carboxylic acids is 1. The van der Waals surface area contributed by atoms with Crippen LogP contribution in [0.2, 0.25) is 0 Å². The average Bonchev–Trinajstić information content (AvgIpc) is 2.50. The van der Waals surface area contributed by atoms with Crippen LogP contribution in [-0.4, -0.2) is 35.1 Å². The molecule has 70 valence electrons. The van der Waals surface area contributed by atoms with Crippen LogP contribution in [0.4, 0.5) is 0 Å². The van der Waals surface area contributed by atoms with E-state index < -0.39 is 5.97 Å². The lowest BCUT2D eigenvalue weighted by atomic mass is 10.1. The highest BCUT2D eigenvalue weighted by Gasteiger charge is 2.28. The molecule has 0 aliphatic carbocycles. The number of rotatable bonds is 3. The fourth-order valence-corrected chi connectivity index (χ4v) is 1.70. The fourth-order valence-electron chi connectivity index (χ4n) is 1.70. The van der Waals surface area contributed by atoms with Crippen molar-refractivity contribution in [1.82, 2.24) is 4.90 Å². The molecule has 0 radical (unpaired) electrons. The highest BCUT2D eigenvalue weighted by Crippen LogP contribution is 2.20. The molecule has 1 aliphatic heterocycles. The minimum Gasteiger partial charge on any atom is -0.480 e. The molecular weight excluding hydrogens is 154 g/mol. The van der Waals surface area contributed by atoms with E-state index in [9.17, 15) is 4.79 Å². The molecule has 0 aromatic rings. The molecule has 0 aromatic heterocycles. The first-order valence-electron chi connectivity index (χ1n) is 4.62. The van der Waals surface area contributed by atoms with Crippen molar-refractivity contribution in [2.24, 2.45) is 5.92 Å². The number of nitrogens with zero attached hydrogens (tertiary/aromatic N) is 1. The van der Waals surface area contributed by atoms with Crippen LogP contribution in [0, 0.1) is 5.92 Å². The normalized spacial score (nSPS) is 27.3. The van der Waals surface area contributed by atoms with E-state index in [-0.39, 0.29) is 6.04 Å². The van der Waals surface area contributed by atoms with Crippen LogP contribution in [-0.2, 0) is 4.79 Å². The van der Waals surface area contributed by atoms with E-state index >= 15 is 0 Å². The maximum atomic E-state index is 10.6. The van der Waals surface area contributed by atoms with E-state index in [4.69, 9.17) is 5.11 Å². The van der Waals surface area contributed by atoms with Gasteiger partial charge >= 0.3 is 5.97 Å². The van der Waals surface area contributed by atoms with Crippen molar-refractivity contribution in [3.63, 3.8) is 0 Å². The van der Waals surface area contributed by atoms with E-state index in [1.165, 1.54) is 6.42 Å². The first kappa shape index (κ1) is 9.52. The first-order chi connectivity index (χ1) is 5.65. The highest BCUT2D eigenvalue weighted by atomic mass is 16.4. The molecule has 1 fully saturated rings. The monoisotopic (exact) mass is 171 g/mol. The molecule has 3 nitrogen and oxygen atoms in total. The zero-order valence-electron chi connectivity index (χ0n) is 7.79. The molecule has 0 bridgehead atoms. The SMILES string of the molecule is CCC1CCN(C(C)C(=O)O)C1. The van der Waals surface area contributed by atoms with Gasteiger partial charge in [0.25, 0.3) is 0 Å². The lowest BCUT2D eigenvalue weighted by Gasteiger charge is -2.19. The Morgan fingerprint density at radius 2 is 2.42 bits per heavy atom. The van der Waals surface area contributed by atoms with E-state index in [0.29, 0.717) is 5.92 Å². The summed E-state index contributed by atoms with van der Waals surface area (Å²) in [4.78, 5) is 12.7. The summed E-state index contributed by atoms with van der Waals surface area (Å²) in [5.74, 6) is 0.0125. The van der Waals surface area contributed by atoms with Crippen molar-refractivity contribution in [3.8, 4) is 0 Å². The average molecular weight is 171 g/mol. The maximum absolute atomic E-state index is 10.6. The minimum absolute atomic E-state index is 0.304. The van der Waals surface area contributed by atoms with Gasteiger partial charge in [-0.2, -0.15) is 0 Å². The topological polar surface area (TPSA) is 40.5 Å². The van der Waals surface area contributed by atoms with Gasteiger partial charge in [0.15, 0.2) is 0 Å². The minimum atomic E-state index is -0.702. The number of carbonyl (C=O) groups is 1. The maximum Gasteiger partial charge on any atom is 0.320 e. The summed E-state index contributed by atoms with van der Waals surface area (Å²) in [6.07, 6.45) is 2.33. The van der Waals surface area contributed by atoms with Crippen molar-refractivity contribution in [2.45, 2.75) is 32.7 Å². The smallest absolute Gasteiger partial charge is 0.320 e. The van der Waals surface area contributed by atoms with E-state index in [0.717, 1.165) is 19.5 Å². The van der Waals surface area contributed by atoms with E-state index in [2.05, 4.69) is 11.8 Å². The first-order valence-corrected chi connectivity index (χ1v) is 4.62. The summed E-state index contributed by atoms with van der Waals surface area (Å²) in [5, 5.41) is 8.76. The molecule has 12 heavy (non-hydrogen) atoms. The number of carboxylic acid groups (broad SMARTS) is 1. The third-order valence-electron chi connectivity index (χ3n) is 2.80. The van der Waals surface area contributed by atoms with Gasteiger partial charge < -0.3 is 5.11 Å². The van der Waals surface area contributed by atoms with Gasteiger partial charge in [0, 0.05) is 6.54 Å². The van der Waals surface area contributed by atoms with E-state index in [1.807, 2.05) is 0 Å². The lowest BCUT2D eigenvalue weighted by molar-refractivity contribution is -0.142. The lowest BCUT2D eigenvalue weighted by Crippen LogP contribution is -2.37. The molecule has 2 atom stereocenters. The predicted molar refractivity (Wildman–Crippen MR) is 47.1 cm³/mol. The largest absolute Gasteiger partial charge is 0.480 e. The van der Waals surface area contributed by atoms with Crippen LogP contribution in [0.1, 0.15) is 26.7 Å². The zero-order valence-corrected chi connectivity index (χ0v) is 7.79. The van der Waals surface area contributed by atoms with Gasteiger partial charge in [-0.3, -0.25) is 9.69 Å². The Kier molecular flexibility index (Phi) is 3.09. The van der Waals surface area contributed by atoms with Gasteiger partial charge in [-0.05, 0) is 25.8 Å². The van der Waals surface area contributed by atoms with Crippen molar-refractivity contribution in [2.75, 3.05) is 13.1 Å². The molecule has 3 heteroatoms. The van der Waals surface area contributed by atoms with Gasteiger partial charge in [-0.15, -0.1) is 0 Å². The van der Waals surface area contributed by atoms with Crippen LogP contribution >= 0.6 is 0 Å². The van der Waals surface area contributed by atoms with Gasteiger partial charge in [-0.25, -0.2) is 0 Å². The third-order valence-corrected chi connectivity index (χ3v) is 2.80. The van der Waals surface area contributed by atoms with Gasteiger partial charge in [0.1, 0.15) is 6.04 Å². The molecule has 2 unspecified atom stereocenters. The Hall–Kier alpha value is -0.570. The zero-order chi connectivity index (χ0) is 9.14. The number of hydrogen-bond donors (Lipinski definition) is 1. The Balaban J connectivity index is 2.41. The van der Waals surface area contributed by atoms with Crippen LogP contribution in [0.3, 0.4) is 0 Å². The summed E-state index contributed by atoms with van der Waals surface area (Å²) in [6.45, 7) is 5.84. The summed E-state index contributed by atoms with van der Waals surface area (Å²) in [7, 11) is 0. The van der Waals surface area contributed by atoms with Gasteiger partial charge in [-0.1, -0.05) is 13.3 Å². The quantitative estimate of drug-likeness (QED) is 0.693. The Morgan fingerprint density at radius 1 is 1.75 bits per heavy atom. The van der Waals surface area contributed by atoms with Crippen LogP contribution in [0.5, 0.6) is 0 Å². The standard InChI is InChI=1S/C9H17NO2/c1-3-8-4-5-10(6-8)7(2)9(11)12/h7-8H,3-6H2,1-2H3,(H,11,12). The van der Waals surface area contributed by atoms with Crippen LogP contribution in [0.25, 0.3) is 0 Å². The summed E-state index contributed by atoms with van der Waals surface area (Å²) in [5.41, 5.74) is 0. The van der Waals surface area contributed by atoms with Crippen LogP contribution in [0.15, 0.2) is 0 Å². The summed E-state index contributed by atoms with van der Waals surface area (Å²) >= 11 is 0. The second-order valence-corrected chi connectivity index (χ2v) is 3.57. The molecule has 1 heterocycles. The van der Waals surface area contributed by atoms with Gasteiger partial charge in [0.05, 0.1) is 0 Å². The van der Waals surface area contributed by atoms with Gasteiger partial charge in [0.2, 0.25) is 0 Å². The highest BCUT2D eigenvalue weighted by molar-refractivity contribution is 5.72. The molecule has 0 saturated carbocycles. The number of aliphatic carboxylic acids is 1. The summed E-state index contributed by atoms with van der Waals surface area (Å²) in [6, 6.07) is -0.304. The predicted octanol–water partition coefficient (Wildman–Crippen LogP) is 1.19. The summed E-state index contributed by atoms with van der Waals surface area (Å²) < 4.78 is 0. The van der Waals surface area contributed by atoms with Crippen molar-refractivity contribution < 1.29 is 9.90 Å².